The van der Waals surface area contributed by atoms with Crippen molar-refractivity contribution in [2.45, 2.75) is 90.6 Å². The third kappa shape index (κ3) is 2.02. The van der Waals surface area contributed by atoms with Crippen LogP contribution in [0.25, 0.3) is 0 Å². The van der Waals surface area contributed by atoms with Crippen LogP contribution in [0.15, 0.2) is 11.6 Å². The first-order valence-corrected chi connectivity index (χ1v) is 10.7. The predicted octanol–water partition coefficient (Wildman–Crippen LogP) is 4.22. The van der Waals surface area contributed by atoms with E-state index in [2.05, 4.69) is 13.8 Å². The molecule has 0 spiro atoms. The topological polar surface area (TPSA) is 52.6 Å². The number of Topliss-reactive ketones (excluding diaryl/α,β-unsaturated/α-hetero) is 1. The van der Waals surface area contributed by atoms with Gasteiger partial charge in [0.25, 0.3) is 0 Å². The van der Waals surface area contributed by atoms with E-state index in [1.807, 2.05) is 19.9 Å². The molecule has 1 aliphatic heterocycles. The fourth-order valence-electron chi connectivity index (χ4n) is 8.16. The SMILES string of the molecule is CC(=O)C12OC(C)(C)OC1CC1C3CCC4=CC(=O)CC4(C)C3CCC12C. The summed E-state index contributed by atoms with van der Waals surface area (Å²) in [7, 11) is 0. The Labute approximate surface area is 162 Å². The van der Waals surface area contributed by atoms with Gasteiger partial charge >= 0.3 is 0 Å². The predicted molar refractivity (Wildman–Crippen MR) is 101 cm³/mol. The smallest absolute Gasteiger partial charge is 0.164 e. The van der Waals surface area contributed by atoms with Crippen molar-refractivity contribution >= 4 is 11.6 Å². The van der Waals surface area contributed by atoms with Crippen molar-refractivity contribution in [3.05, 3.63) is 11.6 Å². The van der Waals surface area contributed by atoms with Crippen molar-refractivity contribution in [3.8, 4) is 0 Å². The molecule has 0 radical (unpaired) electrons. The molecule has 148 valence electrons. The van der Waals surface area contributed by atoms with Crippen LogP contribution in [-0.4, -0.2) is 29.1 Å². The van der Waals surface area contributed by atoms with Crippen molar-refractivity contribution in [1.29, 1.82) is 0 Å². The highest BCUT2D eigenvalue weighted by Gasteiger charge is 2.75. The standard InChI is InChI=1S/C23H32O4/c1-13(24)23-19(26-20(2,3)27-23)11-18-16-7-6-14-10-15(25)12-21(14,4)17(16)8-9-22(18,23)5/h10,16-19H,6-9,11-12H2,1-5H3. The molecule has 4 fully saturated rings. The Morgan fingerprint density at radius 3 is 2.59 bits per heavy atom. The van der Waals surface area contributed by atoms with Crippen molar-refractivity contribution in [2.75, 3.05) is 0 Å². The molecular weight excluding hydrogens is 340 g/mol. The molecule has 4 aliphatic carbocycles. The van der Waals surface area contributed by atoms with Gasteiger partial charge in [0, 0.05) is 11.8 Å². The van der Waals surface area contributed by atoms with E-state index in [9.17, 15) is 9.59 Å². The minimum atomic E-state index is -0.811. The Balaban J connectivity index is 1.55. The van der Waals surface area contributed by atoms with Gasteiger partial charge in [-0.2, -0.15) is 0 Å². The minimum Gasteiger partial charge on any atom is -0.344 e. The fourth-order valence-corrected chi connectivity index (χ4v) is 8.16. The van der Waals surface area contributed by atoms with Gasteiger partial charge in [-0.25, -0.2) is 0 Å². The second-order valence-electron chi connectivity index (χ2n) is 10.7. The second kappa shape index (κ2) is 5.13. The molecule has 5 aliphatic rings. The lowest BCUT2D eigenvalue weighted by Crippen LogP contribution is -2.59. The van der Waals surface area contributed by atoms with Gasteiger partial charge in [-0.05, 0) is 82.1 Å². The highest BCUT2D eigenvalue weighted by molar-refractivity contribution is 5.94. The lowest BCUT2D eigenvalue weighted by Gasteiger charge is -2.57. The summed E-state index contributed by atoms with van der Waals surface area (Å²) in [5.41, 5.74) is 0.418. The van der Waals surface area contributed by atoms with Crippen LogP contribution < -0.4 is 0 Å². The number of hydrogen-bond donors (Lipinski definition) is 0. The summed E-state index contributed by atoms with van der Waals surface area (Å²) in [6.07, 6.45) is 7.58. The summed E-state index contributed by atoms with van der Waals surface area (Å²) in [4.78, 5) is 25.2. The van der Waals surface area contributed by atoms with Crippen molar-refractivity contribution in [3.63, 3.8) is 0 Å². The number of carbonyl (C=O) groups is 2. The number of fused-ring (bicyclic) bond motifs is 7. The average molecular weight is 373 g/mol. The first-order valence-electron chi connectivity index (χ1n) is 10.7. The summed E-state index contributed by atoms with van der Waals surface area (Å²) in [6, 6.07) is 0. The van der Waals surface area contributed by atoms with Crippen molar-refractivity contribution in [2.24, 2.45) is 28.6 Å². The van der Waals surface area contributed by atoms with Gasteiger partial charge in [-0.1, -0.05) is 19.4 Å². The highest BCUT2D eigenvalue weighted by atomic mass is 16.8. The fraction of sp³-hybridized carbons (Fsp3) is 0.826. The zero-order valence-corrected chi connectivity index (χ0v) is 17.3. The maximum Gasteiger partial charge on any atom is 0.164 e. The van der Waals surface area contributed by atoms with E-state index in [0.717, 1.165) is 32.1 Å². The molecule has 0 aromatic carbocycles. The van der Waals surface area contributed by atoms with Gasteiger partial charge in [0.1, 0.15) is 0 Å². The maximum atomic E-state index is 13.0. The summed E-state index contributed by atoms with van der Waals surface area (Å²) in [5.74, 6) is 1.24. The van der Waals surface area contributed by atoms with E-state index < -0.39 is 11.4 Å². The third-order valence-electron chi connectivity index (χ3n) is 9.13. The molecule has 0 bridgehead atoms. The molecule has 3 saturated carbocycles. The zero-order chi connectivity index (χ0) is 19.4. The quantitative estimate of drug-likeness (QED) is 0.692. The first-order chi connectivity index (χ1) is 12.5. The average Bonchev–Trinajstić information content (AvgIpc) is 3.10. The number of rotatable bonds is 1. The summed E-state index contributed by atoms with van der Waals surface area (Å²) >= 11 is 0. The highest BCUT2D eigenvalue weighted by Crippen LogP contribution is 2.70. The van der Waals surface area contributed by atoms with Crippen molar-refractivity contribution < 1.29 is 19.1 Å². The van der Waals surface area contributed by atoms with E-state index >= 15 is 0 Å². The van der Waals surface area contributed by atoms with Crippen LogP contribution in [-0.2, 0) is 19.1 Å². The van der Waals surface area contributed by atoms with Crippen LogP contribution in [0, 0.1) is 28.6 Å². The molecule has 7 atom stereocenters. The van der Waals surface area contributed by atoms with Crippen molar-refractivity contribution in [1.82, 2.24) is 0 Å². The molecule has 1 heterocycles. The Bertz CT molecular complexity index is 766. The molecule has 1 saturated heterocycles. The molecule has 4 heteroatoms. The lowest BCUT2D eigenvalue weighted by atomic mass is 9.48. The van der Waals surface area contributed by atoms with E-state index in [-0.39, 0.29) is 22.7 Å². The van der Waals surface area contributed by atoms with Crippen LogP contribution in [0.1, 0.15) is 73.1 Å². The zero-order valence-electron chi connectivity index (χ0n) is 17.3. The first kappa shape index (κ1) is 18.1. The second-order valence-corrected chi connectivity index (χ2v) is 10.7. The number of hydrogen-bond acceptors (Lipinski definition) is 4. The van der Waals surface area contributed by atoms with Gasteiger partial charge in [0.05, 0.1) is 6.10 Å². The summed E-state index contributed by atoms with van der Waals surface area (Å²) < 4.78 is 12.8. The van der Waals surface area contributed by atoms with Crippen LogP contribution >= 0.6 is 0 Å². The maximum absolute atomic E-state index is 13.0. The van der Waals surface area contributed by atoms with Gasteiger partial charge in [0.2, 0.25) is 0 Å². The number of ketones is 2. The lowest BCUT2D eigenvalue weighted by molar-refractivity contribution is -0.213. The van der Waals surface area contributed by atoms with Crippen LogP contribution in [0.3, 0.4) is 0 Å². The number of allylic oxidation sites excluding steroid dienone is 2. The van der Waals surface area contributed by atoms with E-state index in [0.29, 0.717) is 30.0 Å². The van der Waals surface area contributed by atoms with Gasteiger partial charge in [0.15, 0.2) is 23.0 Å². The monoisotopic (exact) mass is 372 g/mol. The number of ether oxygens (including phenoxy) is 2. The Kier molecular flexibility index (Phi) is 3.43. The summed E-state index contributed by atoms with van der Waals surface area (Å²) in [6.45, 7) is 10.2. The Hall–Kier alpha value is -1.00. The molecule has 4 nitrogen and oxygen atoms in total. The van der Waals surface area contributed by atoms with E-state index in [4.69, 9.17) is 9.47 Å². The Morgan fingerprint density at radius 2 is 1.89 bits per heavy atom. The normalized spacial score (nSPS) is 52.6. The molecule has 0 aromatic rings. The largest absolute Gasteiger partial charge is 0.344 e. The molecule has 5 rings (SSSR count). The Morgan fingerprint density at radius 1 is 1.15 bits per heavy atom. The third-order valence-corrected chi connectivity index (χ3v) is 9.13. The van der Waals surface area contributed by atoms with Gasteiger partial charge in [-0.3, -0.25) is 9.59 Å². The molecular formula is C23H32O4. The molecule has 0 N–H and O–H groups in total. The summed E-state index contributed by atoms with van der Waals surface area (Å²) in [5, 5.41) is 0. The molecule has 0 amide bonds. The van der Waals surface area contributed by atoms with Gasteiger partial charge in [-0.15, -0.1) is 0 Å². The number of carbonyl (C=O) groups excluding carboxylic acids is 2. The van der Waals surface area contributed by atoms with Crippen LogP contribution in [0.5, 0.6) is 0 Å². The molecule has 0 aromatic heterocycles. The van der Waals surface area contributed by atoms with Crippen LogP contribution in [0.4, 0.5) is 0 Å². The van der Waals surface area contributed by atoms with Crippen LogP contribution in [0.2, 0.25) is 0 Å². The van der Waals surface area contributed by atoms with E-state index in [1.165, 1.54) is 5.57 Å². The molecule has 7 unspecified atom stereocenters. The van der Waals surface area contributed by atoms with Gasteiger partial charge < -0.3 is 9.47 Å². The molecule has 27 heavy (non-hydrogen) atoms. The van der Waals surface area contributed by atoms with E-state index in [1.54, 1.807) is 6.92 Å². The minimum absolute atomic E-state index is 0.0312.